The lowest BCUT2D eigenvalue weighted by Gasteiger charge is -2.09. The molecule has 2 rings (SSSR count). The molecule has 154 valence electrons. The van der Waals surface area contributed by atoms with E-state index in [1.807, 2.05) is 0 Å². The van der Waals surface area contributed by atoms with Gasteiger partial charge < -0.3 is 24.8 Å². The Bertz CT molecular complexity index is 858. The molecule has 2 aromatic rings. The Kier molecular flexibility index (Phi) is 7.89. The highest BCUT2D eigenvalue weighted by molar-refractivity contribution is 5.97. The van der Waals surface area contributed by atoms with Gasteiger partial charge in [-0.3, -0.25) is 14.4 Å². The zero-order valence-electron chi connectivity index (χ0n) is 15.3. The normalized spacial score (nSPS) is 10.2. The molecule has 8 nitrogen and oxygen atoms in total. The highest BCUT2D eigenvalue weighted by atomic mass is 19.3. The van der Waals surface area contributed by atoms with E-state index in [9.17, 15) is 23.2 Å². The first-order valence-corrected chi connectivity index (χ1v) is 8.30. The van der Waals surface area contributed by atoms with Crippen LogP contribution >= 0.6 is 0 Å². The van der Waals surface area contributed by atoms with Crippen molar-refractivity contribution in [2.45, 2.75) is 6.61 Å². The molecule has 2 amide bonds. The maximum absolute atomic E-state index is 12.1. The number of benzene rings is 2. The number of alkyl halides is 2. The van der Waals surface area contributed by atoms with Crippen LogP contribution in [0.4, 0.5) is 14.5 Å². The van der Waals surface area contributed by atoms with E-state index in [4.69, 9.17) is 9.47 Å². The van der Waals surface area contributed by atoms with Gasteiger partial charge in [-0.15, -0.1) is 0 Å². The van der Waals surface area contributed by atoms with Gasteiger partial charge in [0.15, 0.2) is 6.61 Å². The standard InChI is InChI=1S/C19H18F2N2O6/c1-27-15-4-2-3-12(9-15)18(26)22-10-17(25)28-11-16(24)23-13-5-7-14(8-6-13)29-19(20)21/h2-9,19H,10-11H2,1H3,(H,22,26)(H,23,24). The van der Waals surface area contributed by atoms with Crippen molar-refractivity contribution in [3.8, 4) is 11.5 Å². The minimum Gasteiger partial charge on any atom is -0.497 e. The van der Waals surface area contributed by atoms with Crippen molar-refractivity contribution in [2.75, 3.05) is 25.6 Å². The van der Waals surface area contributed by atoms with Crippen molar-refractivity contribution in [1.82, 2.24) is 5.32 Å². The smallest absolute Gasteiger partial charge is 0.387 e. The van der Waals surface area contributed by atoms with E-state index in [2.05, 4.69) is 15.4 Å². The number of nitrogens with one attached hydrogen (secondary N) is 2. The molecule has 0 atom stereocenters. The zero-order chi connectivity index (χ0) is 21.2. The molecule has 0 aliphatic heterocycles. The summed E-state index contributed by atoms with van der Waals surface area (Å²) in [5, 5.41) is 4.79. The zero-order valence-corrected chi connectivity index (χ0v) is 15.3. The number of rotatable bonds is 9. The third-order valence-electron chi connectivity index (χ3n) is 3.45. The second-order valence-corrected chi connectivity index (χ2v) is 5.53. The molecule has 0 radical (unpaired) electrons. The molecule has 0 unspecified atom stereocenters. The van der Waals surface area contributed by atoms with Crippen LogP contribution in [0.2, 0.25) is 0 Å². The molecular formula is C19H18F2N2O6. The molecule has 0 spiro atoms. The topological polar surface area (TPSA) is 103 Å². The number of amides is 2. The maximum Gasteiger partial charge on any atom is 0.387 e. The Morgan fingerprint density at radius 3 is 2.41 bits per heavy atom. The molecule has 29 heavy (non-hydrogen) atoms. The molecule has 2 aromatic carbocycles. The number of methoxy groups -OCH3 is 1. The fourth-order valence-electron chi connectivity index (χ4n) is 2.13. The van der Waals surface area contributed by atoms with E-state index in [1.165, 1.54) is 37.4 Å². The minimum atomic E-state index is -2.95. The summed E-state index contributed by atoms with van der Waals surface area (Å²) < 4.78 is 38.1. The molecule has 0 saturated carbocycles. The SMILES string of the molecule is COc1cccc(C(=O)NCC(=O)OCC(=O)Nc2ccc(OC(F)F)cc2)c1. The summed E-state index contributed by atoms with van der Waals surface area (Å²) in [5.74, 6) is -1.52. The van der Waals surface area contributed by atoms with Crippen molar-refractivity contribution >= 4 is 23.5 Å². The van der Waals surface area contributed by atoms with Gasteiger partial charge in [0.1, 0.15) is 18.0 Å². The number of carbonyl (C=O) groups is 3. The second kappa shape index (κ2) is 10.6. The van der Waals surface area contributed by atoms with Gasteiger partial charge in [-0.05, 0) is 42.5 Å². The number of hydrogen-bond acceptors (Lipinski definition) is 6. The summed E-state index contributed by atoms with van der Waals surface area (Å²) in [4.78, 5) is 35.4. The van der Waals surface area contributed by atoms with Gasteiger partial charge >= 0.3 is 12.6 Å². The third-order valence-corrected chi connectivity index (χ3v) is 3.45. The lowest BCUT2D eigenvalue weighted by Crippen LogP contribution is -2.32. The highest BCUT2D eigenvalue weighted by Crippen LogP contribution is 2.17. The Hall–Kier alpha value is -3.69. The van der Waals surface area contributed by atoms with Gasteiger partial charge in [-0.25, -0.2) is 0 Å². The molecule has 0 aliphatic rings. The summed E-state index contributed by atoms with van der Waals surface area (Å²) >= 11 is 0. The van der Waals surface area contributed by atoms with E-state index >= 15 is 0 Å². The predicted molar refractivity (Wildman–Crippen MR) is 98.0 cm³/mol. The molecule has 10 heteroatoms. The lowest BCUT2D eigenvalue weighted by atomic mass is 10.2. The first kappa shape index (κ1) is 21.6. The van der Waals surface area contributed by atoms with Crippen LogP contribution in [0, 0.1) is 0 Å². The molecule has 0 aliphatic carbocycles. The monoisotopic (exact) mass is 408 g/mol. The van der Waals surface area contributed by atoms with E-state index < -0.39 is 37.5 Å². The van der Waals surface area contributed by atoms with Crippen LogP contribution in [0.5, 0.6) is 11.5 Å². The Labute approximate surface area is 164 Å². The average Bonchev–Trinajstić information content (AvgIpc) is 2.71. The molecule has 0 heterocycles. The molecule has 0 fully saturated rings. The van der Waals surface area contributed by atoms with Crippen LogP contribution < -0.4 is 20.1 Å². The van der Waals surface area contributed by atoms with Gasteiger partial charge in [0, 0.05) is 11.3 Å². The van der Waals surface area contributed by atoms with Crippen LogP contribution in [-0.4, -0.2) is 44.7 Å². The van der Waals surface area contributed by atoms with Crippen molar-refractivity contribution < 1.29 is 37.4 Å². The summed E-state index contributed by atoms with van der Waals surface area (Å²) in [7, 11) is 1.46. The molecular weight excluding hydrogens is 390 g/mol. The summed E-state index contributed by atoms with van der Waals surface area (Å²) in [6, 6.07) is 11.6. The Morgan fingerprint density at radius 2 is 1.76 bits per heavy atom. The summed E-state index contributed by atoms with van der Waals surface area (Å²) in [6.45, 7) is -3.95. The number of carbonyl (C=O) groups excluding carboxylic acids is 3. The minimum absolute atomic E-state index is 0.0591. The molecule has 2 N–H and O–H groups in total. The second-order valence-electron chi connectivity index (χ2n) is 5.53. The lowest BCUT2D eigenvalue weighted by molar-refractivity contribution is -0.146. The fourth-order valence-corrected chi connectivity index (χ4v) is 2.13. The van der Waals surface area contributed by atoms with Crippen LogP contribution in [0.15, 0.2) is 48.5 Å². The quantitative estimate of drug-likeness (QED) is 0.617. The number of ether oxygens (including phenoxy) is 3. The molecule has 0 saturated heterocycles. The van der Waals surface area contributed by atoms with Gasteiger partial charge in [-0.2, -0.15) is 8.78 Å². The van der Waals surface area contributed by atoms with Crippen LogP contribution in [0.3, 0.4) is 0 Å². The first-order valence-electron chi connectivity index (χ1n) is 8.30. The Morgan fingerprint density at radius 1 is 1.03 bits per heavy atom. The van der Waals surface area contributed by atoms with Crippen molar-refractivity contribution in [3.05, 3.63) is 54.1 Å². The van der Waals surface area contributed by atoms with Crippen molar-refractivity contribution in [3.63, 3.8) is 0 Å². The van der Waals surface area contributed by atoms with Gasteiger partial charge in [0.25, 0.3) is 11.8 Å². The number of hydrogen-bond donors (Lipinski definition) is 2. The fraction of sp³-hybridized carbons (Fsp3) is 0.211. The van der Waals surface area contributed by atoms with Gasteiger partial charge in [0.05, 0.1) is 7.11 Å². The van der Waals surface area contributed by atoms with Crippen LogP contribution in [0.25, 0.3) is 0 Å². The van der Waals surface area contributed by atoms with E-state index in [0.29, 0.717) is 17.0 Å². The van der Waals surface area contributed by atoms with E-state index in [0.717, 1.165) is 0 Å². The highest BCUT2D eigenvalue weighted by Gasteiger charge is 2.12. The summed E-state index contributed by atoms with van der Waals surface area (Å²) in [6.07, 6.45) is 0. The van der Waals surface area contributed by atoms with Gasteiger partial charge in [0.2, 0.25) is 0 Å². The number of esters is 1. The first-order chi connectivity index (χ1) is 13.9. The Balaban J connectivity index is 1.72. The van der Waals surface area contributed by atoms with Gasteiger partial charge in [-0.1, -0.05) is 6.07 Å². The average molecular weight is 408 g/mol. The van der Waals surface area contributed by atoms with E-state index in [-0.39, 0.29) is 5.75 Å². The third kappa shape index (κ3) is 7.45. The molecule has 0 aromatic heterocycles. The largest absolute Gasteiger partial charge is 0.497 e. The predicted octanol–water partition coefficient (Wildman–Crippen LogP) is 2.21. The van der Waals surface area contributed by atoms with Crippen molar-refractivity contribution in [1.29, 1.82) is 0 Å². The maximum atomic E-state index is 12.1. The number of anilines is 1. The molecule has 0 bridgehead atoms. The van der Waals surface area contributed by atoms with Crippen LogP contribution in [-0.2, 0) is 14.3 Å². The van der Waals surface area contributed by atoms with Crippen molar-refractivity contribution in [2.24, 2.45) is 0 Å². The number of halogens is 2. The van der Waals surface area contributed by atoms with Crippen LogP contribution in [0.1, 0.15) is 10.4 Å². The van der Waals surface area contributed by atoms with E-state index in [1.54, 1.807) is 18.2 Å². The summed E-state index contributed by atoms with van der Waals surface area (Å²) in [5.41, 5.74) is 0.605.